The van der Waals surface area contributed by atoms with Crippen LogP contribution in [0.1, 0.15) is 52.5 Å². The summed E-state index contributed by atoms with van der Waals surface area (Å²) in [6.45, 7) is -0.328. The Kier molecular flexibility index (Phi) is 11.2. The number of amides is 1. The number of aromatic nitrogens is 1. The number of carbonyl (C=O) groups is 2. The van der Waals surface area contributed by atoms with Gasteiger partial charge in [0.1, 0.15) is 6.61 Å². The number of thioether (sulfide) groups is 1. The van der Waals surface area contributed by atoms with Crippen LogP contribution >= 0.6 is 11.8 Å². The van der Waals surface area contributed by atoms with Crippen molar-refractivity contribution in [1.29, 1.82) is 0 Å². The number of nitrogens with one attached hydrogen (secondary N) is 1. The third-order valence-corrected chi connectivity index (χ3v) is 7.99. The minimum absolute atomic E-state index is 0.0478. The lowest BCUT2D eigenvalue weighted by Gasteiger charge is -2.20. The first-order valence-corrected chi connectivity index (χ1v) is 15.2. The van der Waals surface area contributed by atoms with E-state index in [0.29, 0.717) is 46.2 Å². The summed E-state index contributed by atoms with van der Waals surface area (Å²) in [6, 6.07) is 9.70. The highest BCUT2D eigenvalue weighted by molar-refractivity contribution is 7.98. The Balaban J connectivity index is 1.58. The number of aryl methyl sites for hydroxylation is 1. The molecule has 0 radical (unpaired) electrons. The van der Waals surface area contributed by atoms with Gasteiger partial charge in [0.2, 0.25) is 5.75 Å². The number of pyridine rings is 1. The topological polar surface area (TPSA) is 165 Å². The molecule has 0 fully saturated rings. The molecule has 13 nitrogen and oxygen atoms in total. The minimum atomic E-state index is -0.922. The number of hydrogen-bond acceptors (Lipinski definition) is 12. The average Bonchev–Trinajstić information content (AvgIpc) is 3.29. The molecule has 14 heteroatoms. The van der Waals surface area contributed by atoms with Crippen molar-refractivity contribution in [3.63, 3.8) is 0 Å². The van der Waals surface area contributed by atoms with E-state index in [1.165, 1.54) is 25.1 Å². The maximum absolute atomic E-state index is 13.4. The molecule has 238 valence electrons. The number of methoxy groups -OCH3 is 3. The zero-order valence-corrected chi connectivity index (χ0v) is 26.1. The Morgan fingerprint density at radius 2 is 1.87 bits per heavy atom. The van der Waals surface area contributed by atoms with Crippen molar-refractivity contribution >= 4 is 23.6 Å². The smallest absolute Gasteiger partial charge is 0.306 e. The molecule has 0 unspecified atom stereocenters. The lowest BCUT2D eigenvalue weighted by atomic mass is 9.95. The van der Waals surface area contributed by atoms with Gasteiger partial charge >= 0.3 is 5.97 Å². The summed E-state index contributed by atoms with van der Waals surface area (Å²) in [6.07, 6.45) is 4.32. The van der Waals surface area contributed by atoms with Crippen LogP contribution in [0.15, 0.2) is 52.3 Å². The number of carbonyl (C=O) groups excluding carboxylic acids is 2. The number of benzene rings is 1. The minimum Gasteiger partial charge on any atom is -0.493 e. The molecular formula is C31H33N3O10S. The number of esters is 1. The van der Waals surface area contributed by atoms with E-state index < -0.39 is 23.0 Å². The molecule has 1 heterocycles. The zero-order valence-electron chi connectivity index (χ0n) is 25.2. The van der Waals surface area contributed by atoms with Crippen molar-refractivity contribution in [3.8, 4) is 28.4 Å². The van der Waals surface area contributed by atoms with Crippen molar-refractivity contribution in [3.05, 3.63) is 85.3 Å². The van der Waals surface area contributed by atoms with E-state index in [2.05, 4.69) is 15.1 Å². The molecule has 1 atom stereocenters. The van der Waals surface area contributed by atoms with Crippen LogP contribution in [0.25, 0.3) is 11.1 Å². The van der Waals surface area contributed by atoms with Gasteiger partial charge in [0.25, 0.3) is 11.0 Å². The number of fused-ring (bicyclic) bond motifs is 3. The van der Waals surface area contributed by atoms with Crippen LogP contribution in [0, 0.1) is 10.1 Å². The van der Waals surface area contributed by atoms with E-state index in [4.69, 9.17) is 18.9 Å². The molecule has 1 aliphatic rings. The van der Waals surface area contributed by atoms with E-state index in [0.717, 1.165) is 16.7 Å². The highest BCUT2D eigenvalue weighted by atomic mass is 32.2. The van der Waals surface area contributed by atoms with Crippen LogP contribution < -0.4 is 25.0 Å². The number of nitrogens with zero attached hydrogens (tertiary/aromatic N) is 2. The van der Waals surface area contributed by atoms with Crippen molar-refractivity contribution in [2.75, 3.05) is 34.2 Å². The number of rotatable bonds is 13. The van der Waals surface area contributed by atoms with Gasteiger partial charge in [-0.3, -0.25) is 19.4 Å². The number of hydrogen-bond donors (Lipinski definition) is 1. The Morgan fingerprint density at radius 3 is 2.51 bits per heavy atom. The lowest BCUT2D eigenvalue weighted by Crippen LogP contribution is -2.29. The second-order valence-electron chi connectivity index (χ2n) is 9.88. The molecule has 1 aliphatic carbocycles. The molecule has 4 rings (SSSR count). The Morgan fingerprint density at radius 1 is 1.09 bits per heavy atom. The van der Waals surface area contributed by atoms with Gasteiger partial charge in [-0.05, 0) is 72.5 Å². The predicted molar refractivity (Wildman–Crippen MR) is 164 cm³/mol. The predicted octanol–water partition coefficient (Wildman–Crippen LogP) is 4.31. The first-order chi connectivity index (χ1) is 21.7. The summed E-state index contributed by atoms with van der Waals surface area (Å²) in [5.74, 6) is 0.444. The van der Waals surface area contributed by atoms with Crippen LogP contribution in [0.2, 0.25) is 0 Å². The van der Waals surface area contributed by atoms with E-state index in [9.17, 15) is 24.5 Å². The van der Waals surface area contributed by atoms with Crippen LogP contribution in [-0.2, 0) is 27.4 Å². The fourth-order valence-corrected chi connectivity index (χ4v) is 5.55. The van der Waals surface area contributed by atoms with Crippen molar-refractivity contribution in [1.82, 2.24) is 10.3 Å². The van der Waals surface area contributed by atoms with Gasteiger partial charge < -0.3 is 29.1 Å². The molecule has 0 bridgehead atoms. The lowest BCUT2D eigenvalue weighted by molar-refractivity contribution is -0.757. The van der Waals surface area contributed by atoms with Gasteiger partial charge in [-0.1, -0.05) is 6.07 Å². The second-order valence-corrected chi connectivity index (χ2v) is 10.7. The maximum Gasteiger partial charge on any atom is 0.306 e. The quantitative estimate of drug-likeness (QED) is 0.0928. The van der Waals surface area contributed by atoms with Crippen molar-refractivity contribution in [2.24, 2.45) is 0 Å². The first kappa shape index (κ1) is 33.1. The fraction of sp³-hybridized carbons (Fsp3) is 0.355. The Hall–Kier alpha value is -4.85. The summed E-state index contributed by atoms with van der Waals surface area (Å²) < 4.78 is 22.2. The molecule has 2 aromatic carbocycles. The molecule has 45 heavy (non-hydrogen) atoms. The fourth-order valence-electron chi connectivity index (χ4n) is 5.08. The van der Waals surface area contributed by atoms with Crippen LogP contribution in [0.3, 0.4) is 0 Å². The van der Waals surface area contributed by atoms with Crippen LogP contribution in [0.5, 0.6) is 17.2 Å². The molecule has 1 amide bonds. The third-order valence-electron chi connectivity index (χ3n) is 7.22. The maximum atomic E-state index is 13.4. The third kappa shape index (κ3) is 7.81. The second kappa shape index (κ2) is 15.2. The summed E-state index contributed by atoms with van der Waals surface area (Å²) >= 11 is 1.34. The van der Waals surface area contributed by atoms with Gasteiger partial charge in [-0.2, -0.15) is 0 Å². The van der Waals surface area contributed by atoms with E-state index in [-0.39, 0.29) is 37.0 Å². The van der Waals surface area contributed by atoms with Gasteiger partial charge in [0, 0.05) is 18.2 Å². The molecule has 0 saturated carbocycles. The van der Waals surface area contributed by atoms with Crippen LogP contribution in [-0.4, -0.2) is 56.1 Å². The van der Waals surface area contributed by atoms with Gasteiger partial charge in [0.15, 0.2) is 16.9 Å². The number of ether oxygens (including phenoxy) is 4. The highest BCUT2D eigenvalue weighted by Crippen LogP contribution is 2.50. The molecule has 1 aromatic heterocycles. The largest absolute Gasteiger partial charge is 0.493 e. The summed E-state index contributed by atoms with van der Waals surface area (Å²) in [5.41, 5.74) is 3.56. The molecule has 0 aliphatic heterocycles. The normalized spacial score (nSPS) is 13.4. The highest BCUT2D eigenvalue weighted by Gasteiger charge is 2.30. The average molecular weight is 640 g/mol. The summed E-state index contributed by atoms with van der Waals surface area (Å²) in [7, 11) is 4.62. The van der Waals surface area contributed by atoms with E-state index in [1.54, 1.807) is 38.5 Å². The molecule has 1 N–H and O–H groups in total. The molecule has 0 saturated heterocycles. The monoisotopic (exact) mass is 639 g/mol. The zero-order chi connectivity index (χ0) is 32.5. The van der Waals surface area contributed by atoms with Crippen LogP contribution in [0.4, 0.5) is 0 Å². The van der Waals surface area contributed by atoms with Gasteiger partial charge in [-0.25, -0.2) is 0 Å². The SMILES string of the molecule is COc1cc2c(c(OC)c1OC)-c1ccc(SC)c(=O)cc1[C@@H](NC(=O)c1ccc(COC(=O)CCCO[N+](=O)[O-])nc1)CC2. The molecule has 3 aromatic rings. The van der Waals surface area contributed by atoms with E-state index >= 15 is 0 Å². The summed E-state index contributed by atoms with van der Waals surface area (Å²) in [4.78, 5) is 57.7. The van der Waals surface area contributed by atoms with E-state index in [1.807, 2.05) is 18.4 Å². The summed E-state index contributed by atoms with van der Waals surface area (Å²) in [5, 5.41) is 12.3. The molecule has 0 spiro atoms. The molecular weight excluding hydrogens is 606 g/mol. The van der Waals surface area contributed by atoms with Gasteiger partial charge in [-0.15, -0.1) is 21.9 Å². The van der Waals surface area contributed by atoms with Crippen molar-refractivity contribution in [2.45, 2.75) is 43.2 Å². The Bertz CT molecular complexity index is 1630. The standard InChI is InChI=1S/C31H33N3O10S/c1-40-25-14-18-8-11-23(22-15-24(35)26(45-4)12-10-21(22)28(18)30(42-3)29(25)41-2)33-31(37)19-7-9-20(32-16-19)17-43-27(36)6-5-13-44-34(38)39/h7,9-10,12,14-16,23H,5-6,8,11,13,17H2,1-4H3,(H,33,37)/t23-/m0/s1. The van der Waals surface area contributed by atoms with Crippen molar-refractivity contribution < 1.29 is 38.5 Å². The van der Waals surface area contributed by atoms with Gasteiger partial charge in [0.05, 0.1) is 50.1 Å². The first-order valence-electron chi connectivity index (χ1n) is 13.9. The Labute approximate surface area is 263 Å².